The third kappa shape index (κ3) is 3.23. The van der Waals surface area contributed by atoms with Gasteiger partial charge >= 0.3 is 0 Å². The van der Waals surface area contributed by atoms with E-state index in [-0.39, 0.29) is 5.69 Å². The summed E-state index contributed by atoms with van der Waals surface area (Å²) in [6.45, 7) is 3.26. The molecule has 1 N–H and O–H groups in total. The second-order valence-corrected chi connectivity index (χ2v) is 4.41. The quantitative estimate of drug-likeness (QED) is 0.675. The van der Waals surface area contributed by atoms with Crippen LogP contribution in [0.3, 0.4) is 0 Å². The molecule has 0 fully saturated rings. The third-order valence-corrected chi connectivity index (χ3v) is 2.89. The van der Waals surface area contributed by atoms with Crippen molar-refractivity contribution in [2.24, 2.45) is 0 Å². The van der Waals surface area contributed by atoms with E-state index in [0.29, 0.717) is 17.3 Å². The lowest BCUT2D eigenvalue weighted by molar-refractivity contribution is -0.383. The van der Waals surface area contributed by atoms with E-state index in [1.54, 1.807) is 23.0 Å². The number of nitrogens with one attached hydrogen (secondary N) is 1. The molecule has 19 heavy (non-hydrogen) atoms. The Labute approximate surface area is 115 Å². The molecule has 0 aliphatic heterocycles. The molecule has 0 aliphatic rings. The lowest BCUT2D eigenvalue weighted by Crippen LogP contribution is -2.02. The summed E-state index contributed by atoms with van der Waals surface area (Å²) in [6, 6.07) is 4.55. The normalized spacial score (nSPS) is 10.4. The summed E-state index contributed by atoms with van der Waals surface area (Å²) in [5, 5.41) is 18.4. The molecular formula is C12H13ClN4O2. The minimum absolute atomic E-state index is 0.0321. The van der Waals surface area contributed by atoms with Crippen LogP contribution in [0.15, 0.2) is 30.6 Å². The highest BCUT2D eigenvalue weighted by Crippen LogP contribution is 2.28. The number of benzene rings is 1. The largest absolute Gasteiger partial charge is 0.375 e. The molecule has 1 aromatic heterocycles. The molecule has 0 radical (unpaired) electrons. The van der Waals surface area contributed by atoms with Gasteiger partial charge in [0.2, 0.25) is 0 Å². The maximum absolute atomic E-state index is 10.9. The summed E-state index contributed by atoms with van der Waals surface area (Å²) in [6.07, 6.45) is 3.63. The fraction of sp³-hybridized carbons (Fsp3) is 0.250. The predicted octanol–water partition coefficient (Wildman–Crippen LogP) is 3.08. The van der Waals surface area contributed by atoms with E-state index < -0.39 is 4.92 Å². The molecule has 0 atom stereocenters. The Hall–Kier alpha value is -2.08. The van der Waals surface area contributed by atoms with Gasteiger partial charge in [0.25, 0.3) is 5.69 Å². The molecule has 0 saturated carbocycles. The van der Waals surface area contributed by atoms with Gasteiger partial charge in [-0.3, -0.25) is 14.8 Å². The van der Waals surface area contributed by atoms with Gasteiger partial charge < -0.3 is 5.32 Å². The lowest BCUT2D eigenvalue weighted by Gasteiger charge is -2.05. The fourth-order valence-corrected chi connectivity index (χ4v) is 1.84. The van der Waals surface area contributed by atoms with Crippen molar-refractivity contribution in [1.82, 2.24) is 9.78 Å². The molecule has 1 aromatic carbocycles. The van der Waals surface area contributed by atoms with Gasteiger partial charge in [0.15, 0.2) is 0 Å². The molecule has 0 amide bonds. The van der Waals surface area contributed by atoms with Crippen LogP contribution in [-0.4, -0.2) is 14.7 Å². The average molecular weight is 281 g/mol. The van der Waals surface area contributed by atoms with E-state index in [1.807, 2.05) is 13.1 Å². The second-order valence-electron chi connectivity index (χ2n) is 3.98. The van der Waals surface area contributed by atoms with Crippen molar-refractivity contribution in [3.8, 4) is 0 Å². The molecule has 0 saturated heterocycles. The first-order valence-electron chi connectivity index (χ1n) is 5.79. The molecule has 0 unspecified atom stereocenters. The first-order chi connectivity index (χ1) is 9.10. The Morgan fingerprint density at radius 3 is 2.95 bits per heavy atom. The number of nitrogens with zero attached hydrogens (tertiary/aromatic N) is 3. The molecule has 0 bridgehead atoms. The number of anilines is 1. The van der Waals surface area contributed by atoms with Crippen molar-refractivity contribution in [1.29, 1.82) is 0 Å². The van der Waals surface area contributed by atoms with Crippen LogP contribution in [0.1, 0.15) is 12.5 Å². The van der Waals surface area contributed by atoms with Crippen molar-refractivity contribution in [2.75, 3.05) is 5.32 Å². The topological polar surface area (TPSA) is 73.0 Å². The summed E-state index contributed by atoms with van der Waals surface area (Å²) in [5.74, 6) is 0. The number of nitro groups is 1. The van der Waals surface area contributed by atoms with Gasteiger partial charge in [-0.2, -0.15) is 5.10 Å². The molecular weight excluding hydrogens is 268 g/mol. The minimum atomic E-state index is -0.455. The van der Waals surface area contributed by atoms with Crippen LogP contribution in [0.25, 0.3) is 0 Å². The Balaban J connectivity index is 2.12. The van der Waals surface area contributed by atoms with E-state index in [4.69, 9.17) is 11.6 Å². The number of rotatable bonds is 5. The number of aryl methyl sites for hydroxylation is 1. The van der Waals surface area contributed by atoms with Gasteiger partial charge in [-0.15, -0.1) is 0 Å². The van der Waals surface area contributed by atoms with E-state index >= 15 is 0 Å². The van der Waals surface area contributed by atoms with Crippen molar-refractivity contribution in [2.45, 2.75) is 20.0 Å². The Morgan fingerprint density at radius 1 is 1.53 bits per heavy atom. The van der Waals surface area contributed by atoms with Crippen molar-refractivity contribution in [3.05, 3.63) is 51.3 Å². The molecule has 7 heteroatoms. The highest BCUT2D eigenvalue weighted by Gasteiger charge is 2.14. The highest BCUT2D eigenvalue weighted by molar-refractivity contribution is 6.30. The van der Waals surface area contributed by atoms with Crippen LogP contribution in [0.2, 0.25) is 5.02 Å². The Bertz CT molecular complexity index is 597. The summed E-state index contributed by atoms with van der Waals surface area (Å²) in [5.41, 5.74) is 1.38. The summed E-state index contributed by atoms with van der Waals surface area (Å²) in [4.78, 5) is 10.5. The first-order valence-corrected chi connectivity index (χ1v) is 6.17. The van der Waals surface area contributed by atoms with Crippen LogP contribution in [0.5, 0.6) is 0 Å². The average Bonchev–Trinajstić information content (AvgIpc) is 2.85. The van der Waals surface area contributed by atoms with E-state index in [9.17, 15) is 10.1 Å². The van der Waals surface area contributed by atoms with Crippen LogP contribution in [-0.2, 0) is 13.1 Å². The van der Waals surface area contributed by atoms with Crippen LogP contribution in [0.4, 0.5) is 11.4 Å². The number of hydrogen-bond donors (Lipinski definition) is 1. The Kier molecular flexibility index (Phi) is 4.01. The second kappa shape index (κ2) is 5.71. The molecule has 6 nitrogen and oxygen atoms in total. The van der Waals surface area contributed by atoms with Gasteiger partial charge in [0.05, 0.1) is 11.1 Å². The Morgan fingerprint density at radius 2 is 2.32 bits per heavy atom. The summed E-state index contributed by atoms with van der Waals surface area (Å²) in [7, 11) is 0. The van der Waals surface area contributed by atoms with E-state index in [1.165, 1.54) is 6.07 Å². The molecule has 2 rings (SSSR count). The molecule has 0 spiro atoms. The number of aromatic nitrogens is 2. The predicted molar refractivity (Wildman–Crippen MR) is 73.3 cm³/mol. The van der Waals surface area contributed by atoms with Crippen LogP contribution in [0, 0.1) is 10.1 Å². The van der Waals surface area contributed by atoms with Crippen molar-refractivity contribution in [3.63, 3.8) is 0 Å². The van der Waals surface area contributed by atoms with Crippen LogP contribution >= 0.6 is 11.6 Å². The lowest BCUT2D eigenvalue weighted by atomic mass is 10.2. The third-order valence-electron chi connectivity index (χ3n) is 2.65. The number of hydrogen-bond acceptors (Lipinski definition) is 4. The summed E-state index contributed by atoms with van der Waals surface area (Å²) < 4.78 is 1.80. The van der Waals surface area contributed by atoms with Crippen molar-refractivity contribution >= 4 is 23.0 Å². The SMILES string of the molecule is CCn1cc(CNc2ccc(Cl)cc2[N+](=O)[O-])cn1. The van der Waals surface area contributed by atoms with Gasteiger partial charge in [-0.25, -0.2) is 0 Å². The van der Waals surface area contributed by atoms with Crippen LogP contribution < -0.4 is 5.32 Å². The monoisotopic (exact) mass is 280 g/mol. The van der Waals surface area contributed by atoms with E-state index in [0.717, 1.165) is 12.1 Å². The molecule has 1 heterocycles. The zero-order valence-corrected chi connectivity index (χ0v) is 11.1. The maximum atomic E-state index is 10.9. The molecule has 2 aromatic rings. The number of halogens is 1. The van der Waals surface area contributed by atoms with Gasteiger partial charge in [0.1, 0.15) is 5.69 Å². The summed E-state index contributed by atoms with van der Waals surface area (Å²) >= 11 is 5.75. The van der Waals surface area contributed by atoms with Gasteiger partial charge in [-0.05, 0) is 19.1 Å². The van der Waals surface area contributed by atoms with Gasteiger partial charge in [-0.1, -0.05) is 11.6 Å². The highest BCUT2D eigenvalue weighted by atomic mass is 35.5. The first kappa shape index (κ1) is 13.4. The zero-order valence-electron chi connectivity index (χ0n) is 10.3. The minimum Gasteiger partial charge on any atom is -0.375 e. The smallest absolute Gasteiger partial charge is 0.293 e. The number of nitro benzene ring substituents is 1. The standard InChI is InChI=1S/C12H13ClN4O2/c1-2-16-8-9(7-15-16)6-14-11-4-3-10(13)5-12(11)17(18)19/h3-5,7-8,14H,2,6H2,1H3. The van der Waals surface area contributed by atoms with E-state index in [2.05, 4.69) is 10.4 Å². The fourth-order valence-electron chi connectivity index (χ4n) is 1.67. The molecule has 0 aliphatic carbocycles. The zero-order chi connectivity index (χ0) is 13.8. The van der Waals surface area contributed by atoms with Crippen molar-refractivity contribution < 1.29 is 4.92 Å². The molecule has 100 valence electrons. The maximum Gasteiger partial charge on any atom is 0.293 e. The van der Waals surface area contributed by atoms with Gasteiger partial charge in [0, 0.05) is 35.9 Å².